The van der Waals surface area contributed by atoms with Gasteiger partial charge in [-0.05, 0) is 12.1 Å². The highest BCUT2D eigenvalue weighted by atomic mass is 79.9. The van der Waals surface area contributed by atoms with Gasteiger partial charge in [0.05, 0.1) is 5.75 Å². The minimum atomic E-state index is -3.46. The highest BCUT2D eigenvalue weighted by Gasteiger charge is 2.04. The number of nitrogens with two attached hydrogens (primary N) is 1. The monoisotopic (exact) mass is 310 g/mol. The van der Waals surface area contributed by atoms with Crippen LogP contribution < -0.4 is 10.5 Å². The summed E-state index contributed by atoms with van der Waals surface area (Å²) in [6, 6.07) is 4.71. The molecule has 1 rings (SSSR count). The average Bonchev–Trinajstić information content (AvgIpc) is 2.13. The van der Waals surface area contributed by atoms with Crippen LogP contribution in [0.2, 0.25) is 0 Å². The predicted molar refractivity (Wildman–Crippen MR) is 63.8 cm³/mol. The Morgan fingerprint density at radius 2 is 2.12 bits per heavy atom. The van der Waals surface area contributed by atoms with E-state index < -0.39 is 10.0 Å². The van der Waals surface area contributed by atoms with Gasteiger partial charge in [0.2, 0.25) is 10.0 Å². The molecule has 16 heavy (non-hydrogen) atoms. The van der Waals surface area contributed by atoms with E-state index in [9.17, 15) is 12.8 Å². The summed E-state index contributed by atoms with van der Waals surface area (Å²) in [5, 5.41) is 7.62. The van der Waals surface area contributed by atoms with Gasteiger partial charge in [0, 0.05) is 23.1 Å². The Morgan fingerprint density at radius 3 is 2.69 bits per heavy atom. The van der Waals surface area contributed by atoms with Crippen molar-refractivity contribution < 1.29 is 12.8 Å². The largest absolute Gasteiger partial charge is 0.312 e. The highest BCUT2D eigenvalue weighted by Crippen LogP contribution is 2.14. The maximum Gasteiger partial charge on any atom is 0.210 e. The van der Waals surface area contributed by atoms with E-state index in [1.54, 1.807) is 12.1 Å². The van der Waals surface area contributed by atoms with Crippen molar-refractivity contribution >= 4 is 26.0 Å². The molecule has 0 aromatic heterocycles. The van der Waals surface area contributed by atoms with E-state index in [4.69, 9.17) is 5.14 Å². The first-order chi connectivity index (χ1) is 7.38. The minimum Gasteiger partial charge on any atom is -0.312 e. The maximum absolute atomic E-state index is 13.3. The predicted octanol–water partition coefficient (Wildman–Crippen LogP) is 0.966. The molecule has 0 fully saturated rings. The fraction of sp³-hybridized carbons (Fsp3) is 0.333. The van der Waals surface area contributed by atoms with Gasteiger partial charge < -0.3 is 5.32 Å². The normalized spacial score (nSPS) is 11.7. The summed E-state index contributed by atoms with van der Waals surface area (Å²) in [5.74, 6) is -0.497. The molecule has 0 spiro atoms. The number of hydrogen-bond acceptors (Lipinski definition) is 3. The SMILES string of the molecule is NS(=O)(=O)CCNCc1ccc(Br)cc1F. The van der Waals surface area contributed by atoms with Crippen LogP contribution in [0.15, 0.2) is 22.7 Å². The van der Waals surface area contributed by atoms with Crippen LogP contribution in [0.1, 0.15) is 5.56 Å². The lowest BCUT2D eigenvalue weighted by Crippen LogP contribution is -2.27. The van der Waals surface area contributed by atoms with Crippen LogP contribution in [0, 0.1) is 5.82 Å². The Morgan fingerprint density at radius 1 is 1.44 bits per heavy atom. The molecule has 0 amide bonds. The number of halogens is 2. The van der Waals surface area contributed by atoms with Crippen molar-refractivity contribution in [1.82, 2.24) is 5.32 Å². The summed E-state index contributed by atoms with van der Waals surface area (Å²) < 4.78 is 35.2. The Hall–Kier alpha value is -0.500. The molecule has 7 heteroatoms. The van der Waals surface area contributed by atoms with Crippen LogP contribution in [0.25, 0.3) is 0 Å². The standard InChI is InChI=1S/C9H12BrFN2O2S/c10-8-2-1-7(9(11)5-8)6-13-3-4-16(12,14)15/h1-2,5,13H,3-4,6H2,(H2,12,14,15). The quantitative estimate of drug-likeness (QED) is 0.796. The van der Waals surface area contributed by atoms with Gasteiger partial charge in [-0.2, -0.15) is 0 Å². The Kier molecular flexibility index (Phi) is 4.85. The van der Waals surface area contributed by atoms with Crippen molar-refractivity contribution in [3.63, 3.8) is 0 Å². The zero-order valence-electron chi connectivity index (χ0n) is 8.41. The second kappa shape index (κ2) is 5.72. The molecule has 0 saturated heterocycles. The lowest BCUT2D eigenvalue weighted by molar-refractivity contribution is 0.583. The summed E-state index contributed by atoms with van der Waals surface area (Å²) in [6.07, 6.45) is 0. The van der Waals surface area contributed by atoms with E-state index in [-0.39, 0.29) is 24.7 Å². The van der Waals surface area contributed by atoms with E-state index >= 15 is 0 Å². The van der Waals surface area contributed by atoms with Crippen molar-refractivity contribution in [2.45, 2.75) is 6.54 Å². The molecule has 0 radical (unpaired) electrons. The lowest BCUT2D eigenvalue weighted by Gasteiger charge is -2.05. The molecule has 0 aliphatic rings. The summed E-state index contributed by atoms with van der Waals surface area (Å²) in [5.41, 5.74) is 0.484. The fourth-order valence-electron chi connectivity index (χ4n) is 1.10. The molecule has 0 bridgehead atoms. The number of nitrogens with one attached hydrogen (secondary N) is 1. The number of benzene rings is 1. The van der Waals surface area contributed by atoms with E-state index in [0.717, 1.165) is 0 Å². The first kappa shape index (κ1) is 13.6. The van der Waals surface area contributed by atoms with Crippen molar-refractivity contribution in [2.24, 2.45) is 5.14 Å². The van der Waals surface area contributed by atoms with Crippen molar-refractivity contribution in [2.75, 3.05) is 12.3 Å². The van der Waals surface area contributed by atoms with Crippen LogP contribution in [-0.2, 0) is 16.6 Å². The van der Waals surface area contributed by atoms with Crippen LogP contribution in [0.4, 0.5) is 4.39 Å². The molecule has 90 valence electrons. The number of rotatable bonds is 5. The van der Waals surface area contributed by atoms with Crippen LogP contribution >= 0.6 is 15.9 Å². The van der Waals surface area contributed by atoms with Gasteiger partial charge in [0.25, 0.3) is 0 Å². The summed E-state index contributed by atoms with van der Waals surface area (Å²) in [7, 11) is -3.46. The summed E-state index contributed by atoms with van der Waals surface area (Å²) in [6.45, 7) is 0.475. The molecular formula is C9H12BrFN2O2S. The molecule has 0 heterocycles. The van der Waals surface area contributed by atoms with E-state index in [0.29, 0.717) is 10.0 Å². The smallest absolute Gasteiger partial charge is 0.210 e. The van der Waals surface area contributed by atoms with E-state index in [1.807, 2.05) is 0 Å². The molecule has 0 atom stereocenters. The second-order valence-electron chi connectivity index (χ2n) is 3.28. The third-order valence-corrected chi connectivity index (χ3v) is 3.16. The van der Waals surface area contributed by atoms with E-state index in [2.05, 4.69) is 21.2 Å². The molecule has 0 saturated carbocycles. The molecule has 0 aliphatic heterocycles. The lowest BCUT2D eigenvalue weighted by atomic mass is 10.2. The van der Waals surface area contributed by atoms with Crippen molar-refractivity contribution in [3.8, 4) is 0 Å². The van der Waals surface area contributed by atoms with Gasteiger partial charge in [0.1, 0.15) is 5.82 Å². The first-order valence-corrected chi connectivity index (χ1v) is 7.04. The van der Waals surface area contributed by atoms with Crippen LogP contribution in [0.5, 0.6) is 0 Å². The van der Waals surface area contributed by atoms with Gasteiger partial charge in [-0.15, -0.1) is 0 Å². The third-order valence-electron chi connectivity index (χ3n) is 1.89. The summed E-state index contributed by atoms with van der Waals surface area (Å²) >= 11 is 3.15. The zero-order valence-corrected chi connectivity index (χ0v) is 10.8. The Bertz CT molecular complexity index is 465. The van der Waals surface area contributed by atoms with Crippen molar-refractivity contribution in [1.29, 1.82) is 0 Å². The fourth-order valence-corrected chi connectivity index (χ4v) is 1.86. The number of sulfonamides is 1. The topological polar surface area (TPSA) is 72.2 Å². The van der Waals surface area contributed by atoms with Gasteiger partial charge in [-0.25, -0.2) is 17.9 Å². The molecule has 1 aromatic carbocycles. The molecule has 0 aliphatic carbocycles. The van der Waals surface area contributed by atoms with Gasteiger partial charge in [-0.3, -0.25) is 0 Å². The molecule has 1 aromatic rings. The van der Waals surface area contributed by atoms with Crippen LogP contribution in [-0.4, -0.2) is 20.7 Å². The van der Waals surface area contributed by atoms with E-state index in [1.165, 1.54) is 6.07 Å². The van der Waals surface area contributed by atoms with Crippen molar-refractivity contribution in [3.05, 3.63) is 34.1 Å². The van der Waals surface area contributed by atoms with Gasteiger partial charge >= 0.3 is 0 Å². The zero-order chi connectivity index (χ0) is 12.2. The first-order valence-electron chi connectivity index (χ1n) is 4.53. The number of primary sulfonamides is 1. The van der Waals surface area contributed by atoms with Gasteiger partial charge in [-0.1, -0.05) is 22.0 Å². The molecular weight excluding hydrogens is 299 g/mol. The second-order valence-corrected chi connectivity index (χ2v) is 5.93. The Balaban J connectivity index is 2.43. The van der Waals surface area contributed by atoms with Gasteiger partial charge in [0.15, 0.2) is 0 Å². The summed E-state index contributed by atoms with van der Waals surface area (Å²) in [4.78, 5) is 0. The third kappa shape index (κ3) is 5.02. The highest BCUT2D eigenvalue weighted by molar-refractivity contribution is 9.10. The Labute approximate surface area is 102 Å². The molecule has 3 N–H and O–H groups in total. The minimum absolute atomic E-state index is 0.162. The number of hydrogen-bond donors (Lipinski definition) is 2. The maximum atomic E-state index is 13.3. The van der Waals surface area contributed by atoms with Crippen LogP contribution in [0.3, 0.4) is 0 Å². The molecule has 4 nitrogen and oxygen atoms in total. The molecule has 0 unspecified atom stereocenters. The average molecular weight is 311 g/mol.